The monoisotopic (exact) mass is 183 g/mol. The predicted molar refractivity (Wildman–Crippen MR) is 54.0 cm³/mol. The highest BCUT2D eigenvalue weighted by Gasteiger charge is 2.11. The summed E-state index contributed by atoms with van der Waals surface area (Å²) in [6.45, 7) is 0. The van der Waals surface area contributed by atoms with E-state index >= 15 is 0 Å². The minimum Gasteiger partial charge on any atom is -0.464 e. The Morgan fingerprint density at radius 2 is 2.07 bits per heavy atom. The second-order valence-corrected chi connectivity index (χ2v) is 3.06. The molecule has 0 bridgehead atoms. The fourth-order valence-electron chi connectivity index (χ4n) is 1.55. The van der Waals surface area contributed by atoms with Crippen LogP contribution in [0.1, 0.15) is 5.56 Å². The Morgan fingerprint density at radius 3 is 2.93 bits per heavy atom. The molecular weight excluding hydrogens is 176 g/mol. The van der Waals surface area contributed by atoms with E-state index in [0.717, 1.165) is 22.2 Å². The van der Waals surface area contributed by atoms with Crippen LogP contribution in [0.15, 0.2) is 52.3 Å². The Hall–Kier alpha value is -2.03. The van der Waals surface area contributed by atoms with E-state index in [9.17, 15) is 0 Å². The first-order valence-electron chi connectivity index (χ1n) is 4.36. The molecule has 2 aromatic rings. The van der Waals surface area contributed by atoms with Crippen molar-refractivity contribution in [2.75, 3.05) is 0 Å². The molecule has 3 nitrogen and oxygen atoms in total. The van der Waals surface area contributed by atoms with Crippen LogP contribution in [0, 0.1) is 0 Å². The molecule has 0 fully saturated rings. The lowest BCUT2D eigenvalue weighted by atomic mass is 10.1. The van der Waals surface area contributed by atoms with E-state index in [2.05, 4.69) is 10.5 Å². The highest BCUT2D eigenvalue weighted by Crippen LogP contribution is 2.22. The third-order valence-electron chi connectivity index (χ3n) is 2.22. The summed E-state index contributed by atoms with van der Waals surface area (Å²) >= 11 is 0. The largest absolute Gasteiger partial charge is 0.464 e. The van der Waals surface area contributed by atoms with Crippen LogP contribution < -0.4 is 5.43 Å². The molecule has 67 valence electrons. The SMILES string of the molecule is C1=CC(c2coc3ccccc23)=N[N]1. The third-order valence-corrected chi connectivity index (χ3v) is 2.22. The summed E-state index contributed by atoms with van der Waals surface area (Å²) in [5, 5.41) is 5.08. The second kappa shape index (κ2) is 2.73. The second-order valence-electron chi connectivity index (χ2n) is 3.06. The normalized spacial score (nSPS) is 14.4. The van der Waals surface area contributed by atoms with Gasteiger partial charge in [0.15, 0.2) is 0 Å². The minimum absolute atomic E-state index is 0.856. The van der Waals surface area contributed by atoms with Crippen molar-refractivity contribution in [3.8, 4) is 0 Å². The molecule has 1 aromatic heterocycles. The molecule has 1 aliphatic rings. The zero-order chi connectivity index (χ0) is 9.38. The number of nitrogens with zero attached hydrogens (tertiary/aromatic N) is 2. The standard InChI is InChI=1S/C11H7N2O/c1-2-4-11-8(3-1)9(7-14-11)10-5-6-12-13-10/h1-7H. The van der Waals surface area contributed by atoms with Gasteiger partial charge in [-0.15, -0.1) is 0 Å². The third kappa shape index (κ3) is 0.956. The quantitative estimate of drug-likeness (QED) is 0.668. The maximum Gasteiger partial charge on any atom is 0.134 e. The number of hydrogen-bond donors (Lipinski definition) is 0. The molecule has 1 aromatic carbocycles. The summed E-state index contributed by atoms with van der Waals surface area (Å²) in [7, 11) is 0. The van der Waals surface area contributed by atoms with Crippen LogP contribution >= 0.6 is 0 Å². The Labute approximate surface area is 80.7 Å². The van der Waals surface area contributed by atoms with E-state index in [1.807, 2.05) is 30.3 Å². The smallest absolute Gasteiger partial charge is 0.134 e. The maximum absolute atomic E-state index is 5.41. The van der Waals surface area contributed by atoms with Gasteiger partial charge >= 0.3 is 0 Å². The first kappa shape index (κ1) is 7.38. The molecule has 0 amide bonds. The minimum atomic E-state index is 0.856. The fourth-order valence-corrected chi connectivity index (χ4v) is 1.55. The first-order chi connectivity index (χ1) is 6.95. The van der Waals surface area contributed by atoms with Gasteiger partial charge in [-0.05, 0) is 12.1 Å². The lowest BCUT2D eigenvalue weighted by Crippen LogP contribution is -1.92. The van der Waals surface area contributed by atoms with Crippen molar-refractivity contribution in [1.82, 2.24) is 5.43 Å². The maximum atomic E-state index is 5.41. The highest BCUT2D eigenvalue weighted by molar-refractivity contribution is 6.16. The Morgan fingerprint density at radius 1 is 1.14 bits per heavy atom. The van der Waals surface area contributed by atoms with Gasteiger partial charge in [0.05, 0.1) is 11.9 Å². The van der Waals surface area contributed by atoms with Crippen LogP contribution in [0.2, 0.25) is 0 Å². The highest BCUT2D eigenvalue weighted by atomic mass is 16.3. The summed E-state index contributed by atoms with van der Waals surface area (Å²) in [5.41, 5.74) is 6.53. The van der Waals surface area contributed by atoms with Gasteiger partial charge in [0.25, 0.3) is 0 Å². The molecule has 1 radical (unpaired) electrons. The lowest BCUT2D eigenvalue weighted by molar-refractivity contribution is 0.615. The van der Waals surface area contributed by atoms with E-state index in [0.29, 0.717) is 0 Å². The Bertz CT molecular complexity index is 537. The Balaban J connectivity index is 2.26. The molecule has 3 rings (SSSR count). The van der Waals surface area contributed by atoms with Crippen molar-refractivity contribution in [2.45, 2.75) is 0 Å². The van der Waals surface area contributed by atoms with Crippen LogP contribution in [-0.4, -0.2) is 5.71 Å². The van der Waals surface area contributed by atoms with Crippen molar-refractivity contribution < 1.29 is 4.42 Å². The average molecular weight is 183 g/mol. The lowest BCUT2D eigenvalue weighted by Gasteiger charge is -1.91. The molecule has 14 heavy (non-hydrogen) atoms. The molecule has 0 saturated carbocycles. The van der Waals surface area contributed by atoms with Gasteiger partial charge < -0.3 is 4.42 Å². The number of hydrogen-bond acceptors (Lipinski definition) is 2. The van der Waals surface area contributed by atoms with Crippen LogP contribution in [0.5, 0.6) is 0 Å². The molecular formula is C11H7N2O. The fraction of sp³-hybridized carbons (Fsp3) is 0. The van der Waals surface area contributed by atoms with E-state index in [-0.39, 0.29) is 0 Å². The zero-order valence-corrected chi connectivity index (χ0v) is 7.34. The molecule has 2 heterocycles. The van der Waals surface area contributed by atoms with Gasteiger partial charge in [0.2, 0.25) is 0 Å². The van der Waals surface area contributed by atoms with Gasteiger partial charge in [-0.3, -0.25) is 0 Å². The van der Waals surface area contributed by atoms with E-state index < -0.39 is 0 Å². The Kier molecular flexibility index (Phi) is 1.44. The summed E-state index contributed by atoms with van der Waals surface area (Å²) in [4.78, 5) is 0. The van der Waals surface area contributed by atoms with Crippen LogP contribution in [0.4, 0.5) is 0 Å². The first-order valence-corrected chi connectivity index (χ1v) is 4.36. The number of para-hydroxylation sites is 1. The molecule has 0 atom stereocenters. The average Bonchev–Trinajstić information content (AvgIpc) is 2.85. The summed E-state index contributed by atoms with van der Waals surface area (Å²) in [6, 6.07) is 7.89. The van der Waals surface area contributed by atoms with E-state index in [1.165, 1.54) is 0 Å². The van der Waals surface area contributed by atoms with Crippen molar-refractivity contribution >= 4 is 16.7 Å². The van der Waals surface area contributed by atoms with Gasteiger partial charge in [0, 0.05) is 10.9 Å². The van der Waals surface area contributed by atoms with E-state index in [4.69, 9.17) is 4.42 Å². The van der Waals surface area contributed by atoms with Crippen molar-refractivity contribution in [2.24, 2.45) is 5.10 Å². The number of benzene rings is 1. The summed E-state index contributed by atoms with van der Waals surface area (Å²) in [6.07, 6.45) is 5.27. The number of furan rings is 1. The van der Waals surface area contributed by atoms with Gasteiger partial charge in [0.1, 0.15) is 11.8 Å². The molecule has 1 aliphatic heterocycles. The predicted octanol–water partition coefficient (Wildman–Crippen LogP) is 2.27. The van der Waals surface area contributed by atoms with Crippen molar-refractivity contribution in [3.63, 3.8) is 0 Å². The molecule has 0 aliphatic carbocycles. The van der Waals surface area contributed by atoms with E-state index in [1.54, 1.807) is 12.5 Å². The molecule has 0 unspecified atom stereocenters. The molecule has 0 N–H and O–H groups in total. The van der Waals surface area contributed by atoms with Crippen LogP contribution in [0.3, 0.4) is 0 Å². The summed E-state index contributed by atoms with van der Waals surface area (Å²) < 4.78 is 5.41. The van der Waals surface area contributed by atoms with Gasteiger partial charge in [-0.2, -0.15) is 10.5 Å². The zero-order valence-electron chi connectivity index (χ0n) is 7.34. The van der Waals surface area contributed by atoms with Gasteiger partial charge in [-0.1, -0.05) is 18.2 Å². The number of rotatable bonds is 1. The molecule has 3 heteroatoms. The number of fused-ring (bicyclic) bond motifs is 1. The van der Waals surface area contributed by atoms with Crippen molar-refractivity contribution in [1.29, 1.82) is 0 Å². The topological polar surface area (TPSA) is 39.6 Å². The molecule has 0 spiro atoms. The van der Waals surface area contributed by atoms with Crippen LogP contribution in [-0.2, 0) is 0 Å². The van der Waals surface area contributed by atoms with Crippen molar-refractivity contribution in [3.05, 3.63) is 48.4 Å². The molecule has 0 saturated heterocycles. The summed E-state index contributed by atoms with van der Waals surface area (Å²) in [5.74, 6) is 0. The van der Waals surface area contributed by atoms with Crippen LogP contribution in [0.25, 0.3) is 11.0 Å². The van der Waals surface area contributed by atoms with Gasteiger partial charge in [-0.25, -0.2) is 0 Å². The number of allylic oxidation sites excluding steroid dienone is 1.